The Kier molecular flexibility index (Phi) is 2.67. The molecule has 6 rings (SSSR count). The molecule has 2 saturated carbocycles. The quantitative estimate of drug-likeness (QED) is 0.755. The van der Waals surface area contributed by atoms with Crippen LogP contribution in [0.15, 0.2) is 12.1 Å². The molecule has 1 saturated heterocycles. The highest BCUT2D eigenvalue weighted by molar-refractivity contribution is 5.62. The lowest BCUT2D eigenvalue weighted by Crippen LogP contribution is -2.77. The summed E-state index contributed by atoms with van der Waals surface area (Å²) in [4.78, 5) is 2.51. The van der Waals surface area contributed by atoms with Gasteiger partial charge in [-0.15, -0.1) is 0 Å². The van der Waals surface area contributed by atoms with E-state index in [1.54, 1.807) is 6.07 Å². The van der Waals surface area contributed by atoms with Crippen molar-refractivity contribution in [2.75, 3.05) is 13.1 Å². The normalized spacial score (nSPS) is 44.3. The summed E-state index contributed by atoms with van der Waals surface area (Å²) in [6.07, 6.45) is 4.35. The number of hydrogen-bond acceptors (Lipinski definition) is 5. The summed E-state index contributed by atoms with van der Waals surface area (Å²) in [5, 5.41) is 33.1. The number of phenols is 1. The second-order valence-corrected chi connectivity index (χ2v) is 8.90. The van der Waals surface area contributed by atoms with Crippen LogP contribution in [0, 0.1) is 5.92 Å². The fourth-order valence-corrected chi connectivity index (χ4v) is 6.46. The van der Waals surface area contributed by atoms with Crippen LogP contribution in [0.5, 0.6) is 11.5 Å². The fraction of sp³-hybridized carbons (Fsp3) is 0.700. The molecule has 25 heavy (non-hydrogen) atoms. The molecular formula is C20H25NO4. The molecule has 3 aliphatic carbocycles. The zero-order chi connectivity index (χ0) is 17.0. The van der Waals surface area contributed by atoms with Crippen LogP contribution in [0.3, 0.4) is 0 Å². The molecule has 0 amide bonds. The highest BCUT2D eigenvalue weighted by Gasteiger charge is 2.72. The maximum absolute atomic E-state index is 12.0. The molecule has 0 radical (unpaired) electrons. The topological polar surface area (TPSA) is 73.2 Å². The Balaban J connectivity index is 1.57. The summed E-state index contributed by atoms with van der Waals surface area (Å²) < 4.78 is 6.14. The van der Waals surface area contributed by atoms with E-state index < -0.39 is 23.2 Å². The van der Waals surface area contributed by atoms with Crippen molar-refractivity contribution in [2.45, 2.75) is 67.8 Å². The summed E-state index contributed by atoms with van der Waals surface area (Å²) in [5.41, 5.74) is 0.716. The van der Waals surface area contributed by atoms with E-state index in [1.807, 2.05) is 6.07 Å². The summed E-state index contributed by atoms with van der Waals surface area (Å²) >= 11 is 0. The van der Waals surface area contributed by atoms with E-state index in [4.69, 9.17) is 4.74 Å². The second kappa shape index (κ2) is 4.51. The van der Waals surface area contributed by atoms with Gasteiger partial charge in [-0.25, -0.2) is 0 Å². The van der Waals surface area contributed by atoms with Crippen LogP contribution in [0.2, 0.25) is 0 Å². The molecule has 1 spiro atoms. The lowest BCUT2D eigenvalue weighted by molar-refractivity contribution is -0.208. The van der Waals surface area contributed by atoms with Crippen molar-refractivity contribution in [3.63, 3.8) is 0 Å². The van der Waals surface area contributed by atoms with E-state index in [-0.39, 0.29) is 11.8 Å². The van der Waals surface area contributed by atoms with Crippen molar-refractivity contribution in [3.05, 3.63) is 23.3 Å². The number of ether oxygens (including phenoxy) is 1. The highest BCUT2D eigenvalue weighted by Crippen LogP contribution is 2.65. The van der Waals surface area contributed by atoms with Crippen molar-refractivity contribution in [1.29, 1.82) is 0 Å². The van der Waals surface area contributed by atoms with Crippen molar-refractivity contribution in [2.24, 2.45) is 5.92 Å². The van der Waals surface area contributed by atoms with Crippen molar-refractivity contribution in [1.82, 2.24) is 4.90 Å². The molecule has 5 atom stereocenters. The van der Waals surface area contributed by atoms with Crippen LogP contribution in [0.1, 0.15) is 43.2 Å². The van der Waals surface area contributed by atoms with Crippen LogP contribution in [0.25, 0.3) is 0 Å². The van der Waals surface area contributed by atoms with Gasteiger partial charge in [-0.05, 0) is 62.6 Å². The average molecular weight is 343 g/mol. The van der Waals surface area contributed by atoms with E-state index in [0.29, 0.717) is 18.6 Å². The van der Waals surface area contributed by atoms with Gasteiger partial charge >= 0.3 is 0 Å². The van der Waals surface area contributed by atoms with Gasteiger partial charge in [-0.1, -0.05) is 6.07 Å². The molecule has 134 valence electrons. The molecule has 1 aromatic carbocycles. The first-order valence-electron chi connectivity index (χ1n) is 9.71. The molecule has 5 heteroatoms. The number of likely N-dealkylation sites (tertiary alicyclic amines) is 1. The number of rotatable bonds is 2. The molecule has 2 bridgehead atoms. The van der Waals surface area contributed by atoms with Gasteiger partial charge in [0, 0.05) is 18.2 Å². The minimum absolute atomic E-state index is 0.0865. The Morgan fingerprint density at radius 1 is 1.20 bits per heavy atom. The Morgan fingerprint density at radius 2 is 2.04 bits per heavy atom. The van der Waals surface area contributed by atoms with Crippen LogP contribution in [-0.2, 0) is 11.8 Å². The smallest absolute Gasteiger partial charge is 0.165 e. The monoisotopic (exact) mass is 343 g/mol. The molecule has 5 nitrogen and oxygen atoms in total. The molecule has 1 aromatic rings. The summed E-state index contributed by atoms with van der Waals surface area (Å²) in [6.45, 7) is 2.02. The number of piperidine rings is 1. The van der Waals surface area contributed by atoms with Gasteiger partial charge in [0.25, 0.3) is 0 Å². The standard InChI is InChI=1S/C20H25NO4/c22-13-4-3-12-9-15-20(24)6-5-14(23)18-19(20,16(12)17(13)25-18)7-8-21(15)10-11-1-2-11/h3-4,11,14-15,18,22-24H,1-2,5-10H2/t14?,15-,18?,19+,20-/m0/s1. The Labute approximate surface area is 147 Å². The largest absolute Gasteiger partial charge is 0.504 e. The van der Waals surface area contributed by atoms with Gasteiger partial charge in [0.1, 0.15) is 6.10 Å². The Morgan fingerprint density at radius 3 is 2.84 bits per heavy atom. The molecular weight excluding hydrogens is 318 g/mol. The van der Waals surface area contributed by atoms with Crippen molar-refractivity contribution in [3.8, 4) is 11.5 Å². The first-order chi connectivity index (χ1) is 12.0. The number of benzene rings is 1. The molecule has 0 aromatic heterocycles. The number of aliphatic hydroxyl groups is 2. The van der Waals surface area contributed by atoms with Crippen molar-refractivity contribution < 1.29 is 20.1 Å². The SMILES string of the molecule is Oc1ccc2c3c1OC1C(O)CC[C@]4(O)[C@H](C2)N(CC2CC2)CC[C@@]314. The van der Waals surface area contributed by atoms with E-state index >= 15 is 0 Å². The van der Waals surface area contributed by atoms with Gasteiger partial charge < -0.3 is 20.1 Å². The lowest BCUT2D eigenvalue weighted by Gasteiger charge is -2.63. The first kappa shape index (κ1) is 14.8. The van der Waals surface area contributed by atoms with E-state index in [0.717, 1.165) is 37.4 Å². The zero-order valence-electron chi connectivity index (χ0n) is 14.3. The van der Waals surface area contributed by atoms with Crippen LogP contribution >= 0.6 is 0 Å². The molecule has 2 aliphatic heterocycles. The van der Waals surface area contributed by atoms with Gasteiger partial charge in [-0.2, -0.15) is 0 Å². The predicted octanol–water partition coefficient (Wildman–Crippen LogP) is 1.32. The van der Waals surface area contributed by atoms with Crippen LogP contribution in [0.4, 0.5) is 0 Å². The summed E-state index contributed by atoms with van der Waals surface area (Å²) in [6, 6.07) is 3.79. The van der Waals surface area contributed by atoms with Gasteiger partial charge in [0.05, 0.1) is 17.1 Å². The minimum atomic E-state index is -0.879. The maximum atomic E-state index is 12.0. The Hall–Kier alpha value is -1.30. The third-order valence-corrected chi connectivity index (χ3v) is 7.73. The summed E-state index contributed by atoms with van der Waals surface area (Å²) in [7, 11) is 0. The minimum Gasteiger partial charge on any atom is -0.504 e. The molecule has 2 heterocycles. The second-order valence-electron chi connectivity index (χ2n) is 8.90. The van der Waals surface area contributed by atoms with Gasteiger partial charge in [0.2, 0.25) is 0 Å². The number of hydrogen-bond donors (Lipinski definition) is 3. The third-order valence-electron chi connectivity index (χ3n) is 7.73. The molecule has 2 unspecified atom stereocenters. The summed E-state index contributed by atoms with van der Waals surface area (Å²) in [5.74, 6) is 1.44. The van der Waals surface area contributed by atoms with Crippen molar-refractivity contribution >= 4 is 0 Å². The zero-order valence-corrected chi connectivity index (χ0v) is 14.3. The average Bonchev–Trinajstić information content (AvgIpc) is 3.32. The predicted molar refractivity (Wildman–Crippen MR) is 90.8 cm³/mol. The molecule has 5 aliphatic rings. The van der Waals surface area contributed by atoms with E-state index in [1.165, 1.54) is 18.4 Å². The Bertz CT molecular complexity index is 762. The fourth-order valence-electron chi connectivity index (χ4n) is 6.46. The number of nitrogens with zero attached hydrogens (tertiary/aromatic N) is 1. The number of aromatic hydroxyl groups is 1. The molecule has 3 N–H and O–H groups in total. The first-order valence-corrected chi connectivity index (χ1v) is 9.71. The number of aliphatic hydroxyl groups excluding tert-OH is 1. The highest BCUT2D eigenvalue weighted by atomic mass is 16.5. The van der Waals surface area contributed by atoms with Gasteiger partial charge in [-0.3, -0.25) is 4.90 Å². The van der Waals surface area contributed by atoms with Crippen LogP contribution in [-0.4, -0.2) is 57.2 Å². The van der Waals surface area contributed by atoms with E-state index in [9.17, 15) is 15.3 Å². The van der Waals surface area contributed by atoms with E-state index in [2.05, 4.69) is 4.90 Å². The molecule has 3 fully saturated rings. The van der Waals surface area contributed by atoms with Crippen LogP contribution < -0.4 is 4.74 Å². The maximum Gasteiger partial charge on any atom is 0.165 e. The lowest BCUT2D eigenvalue weighted by atomic mass is 9.48. The third kappa shape index (κ3) is 1.61. The number of phenolic OH excluding ortho intramolecular Hbond substituents is 1. The van der Waals surface area contributed by atoms with Gasteiger partial charge in [0.15, 0.2) is 11.5 Å².